The van der Waals surface area contributed by atoms with E-state index in [4.69, 9.17) is 4.74 Å². The van der Waals surface area contributed by atoms with E-state index in [2.05, 4.69) is 55.6 Å². The Morgan fingerprint density at radius 1 is 0.528 bits per heavy atom. The number of carbonyl (C=O) groups excluding carboxylic acids is 2. The van der Waals surface area contributed by atoms with Crippen molar-refractivity contribution in [1.82, 2.24) is 5.32 Å². The van der Waals surface area contributed by atoms with Gasteiger partial charge in [-0.3, -0.25) is 9.59 Å². The van der Waals surface area contributed by atoms with Gasteiger partial charge in [0.2, 0.25) is 5.91 Å². The van der Waals surface area contributed by atoms with Crippen molar-refractivity contribution < 1.29 is 24.5 Å². The fraction of sp³-hybridized carbons (Fsp3) is 0.830. The molecule has 0 aromatic carbocycles. The van der Waals surface area contributed by atoms with Crippen LogP contribution in [0, 0.1) is 0 Å². The van der Waals surface area contributed by atoms with Gasteiger partial charge in [0.15, 0.2) is 0 Å². The molecule has 3 N–H and O–H groups in total. The smallest absolute Gasteiger partial charge is 0.305 e. The topological polar surface area (TPSA) is 95.9 Å². The standard InChI is InChI=1S/C47H87NO5/c1-3-5-7-9-11-13-14-21-25-29-33-37-41-47(52)53-42-38-34-30-26-22-19-17-15-16-18-20-24-28-32-36-40-46(51)48-44(43-49)45(50)39-35-31-27-23-12-10-8-6-4-2/h11,13,15,17,19,22,44-45,49-50H,3-10,12,14,16,18,20-21,23-43H2,1-2H3,(H,48,51)/b13-11-,17-15-,22-19-. The molecule has 0 aromatic heterocycles. The van der Waals surface area contributed by atoms with Crippen molar-refractivity contribution in [3.63, 3.8) is 0 Å². The maximum Gasteiger partial charge on any atom is 0.305 e. The molecule has 2 atom stereocenters. The van der Waals surface area contributed by atoms with E-state index < -0.39 is 12.1 Å². The second kappa shape index (κ2) is 42.8. The third-order valence-electron chi connectivity index (χ3n) is 10.2. The Bertz CT molecular complexity index is 869. The molecule has 6 heteroatoms. The Labute approximate surface area is 328 Å². The van der Waals surface area contributed by atoms with E-state index in [0.29, 0.717) is 25.9 Å². The van der Waals surface area contributed by atoms with Gasteiger partial charge in [-0.1, -0.05) is 166 Å². The van der Waals surface area contributed by atoms with Crippen LogP contribution in [-0.2, 0) is 14.3 Å². The first kappa shape index (κ1) is 51.1. The predicted octanol–water partition coefficient (Wildman–Crippen LogP) is 12.9. The Hall–Kier alpha value is -1.92. The Morgan fingerprint density at radius 3 is 1.49 bits per heavy atom. The molecule has 0 rings (SSSR count). The number of ether oxygens (including phenoxy) is 1. The molecule has 0 bridgehead atoms. The van der Waals surface area contributed by atoms with Crippen LogP contribution in [0.2, 0.25) is 0 Å². The molecule has 0 spiro atoms. The van der Waals surface area contributed by atoms with Crippen molar-refractivity contribution in [3.05, 3.63) is 36.5 Å². The van der Waals surface area contributed by atoms with Gasteiger partial charge in [-0.15, -0.1) is 0 Å². The highest BCUT2D eigenvalue weighted by atomic mass is 16.5. The quantitative estimate of drug-likeness (QED) is 0.0251. The molecule has 0 aliphatic heterocycles. The molecule has 0 radical (unpaired) electrons. The average molecular weight is 746 g/mol. The van der Waals surface area contributed by atoms with Gasteiger partial charge in [-0.25, -0.2) is 0 Å². The second-order valence-electron chi connectivity index (χ2n) is 15.4. The molecule has 0 aliphatic rings. The van der Waals surface area contributed by atoms with E-state index in [0.717, 1.165) is 77.0 Å². The first-order valence-corrected chi connectivity index (χ1v) is 22.8. The first-order valence-electron chi connectivity index (χ1n) is 22.8. The van der Waals surface area contributed by atoms with Gasteiger partial charge in [0.1, 0.15) is 0 Å². The van der Waals surface area contributed by atoms with Crippen LogP contribution in [-0.4, -0.2) is 47.4 Å². The summed E-state index contributed by atoms with van der Waals surface area (Å²) in [4.78, 5) is 24.3. The fourth-order valence-electron chi connectivity index (χ4n) is 6.62. The minimum absolute atomic E-state index is 0.0331. The van der Waals surface area contributed by atoms with Crippen molar-refractivity contribution in [2.24, 2.45) is 0 Å². The Balaban J connectivity index is 3.54. The fourth-order valence-corrected chi connectivity index (χ4v) is 6.62. The van der Waals surface area contributed by atoms with Crippen molar-refractivity contribution in [1.29, 1.82) is 0 Å². The van der Waals surface area contributed by atoms with E-state index in [9.17, 15) is 19.8 Å². The van der Waals surface area contributed by atoms with Gasteiger partial charge < -0.3 is 20.3 Å². The summed E-state index contributed by atoms with van der Waals surface area (Å²) >= 11 is 0. The lowest BCUT2D eigenvalue weighted by molar-refractivity contribution is -0.143. The molecule has 0 fully saturated rings. The number of allylic oxidation sites excluding steroid dienone is 6. The van der Waals surface area contributed by atoms with Gasteiger partial charge in [-0.05, 0) is 83.5 Å². The van der Waals surface area contributed by atoms with E-state index in [-0.39, 0.29) is 18.5 Å². The highest BCUT2D eigenvalue weighted by Crippen LogP contribution is 2.14. The summed E-state index contributed by atoms with van der Waals surface area (Å²) < 4.78 is 5.41. The first-order chi connectivity index (χ1) is 26.0. The predicted molar refractivity (Wildman–Crippen MR) is 227 cm³/mol. The molecular weight excluding hydrogens is 659 g/mol. The molecule has 0 heterocycles. The zero-order valence-electron chi connectivity index (χ0n) is 35.0. The van der Waals surface area contributed by atoms with Gasteiger partial charge in [0.25, 0.3) is 0 Å². The van der Waals surface area contributed by atoms with E-state index in [1.54, 1.807) is 0 Å². The number of esters is 1. The molecule has 0 saturated heterocycles. The molecule has 310 valence electrons. The normalized spacial score (nSPS) is 13.1. The summed E-state index contributed by atoms with van der Waals surface area (Å²) in [6.45, 7) is 4.82. The highest BCUT2D eigenvalue weighted by Gasteiger charge is 2.20. The van der Waals surface area contributed by atoms with E-state index in [1.165, 1.54) is 116 Å². The zero-order valence-corrected chi connectivity index (χ0v) is 35.0. The largest absolute Gasteiger partial charge is 0.466 e. The average Bonchev–Trinajstić information content (AvgIpc) is 3.16. The van der Waals surface area contributed by atoms with Crippen LogP contribution < -0.4 is 5.32 Å². The lowest BCUT2D eigenvalue weighted by Crippen LogP contribution is -2.45. The zero-order chi connectivity index (χ0) is 38.7. The number of amides is 1. The van der Waals surface area contributed by atoms with Crippen LogP contribution in [0.5, 0.6) is 0 Å². The number of aliphatic hydroxyl groups excluding tert-OH is 2. The molecule has 1 amide bonds. The third-order valence-corrected chi connectivity index (χ3v) is 10.2. The molecule has 6 nitrogen and oxygen atoms in total. The minimum atomic E-state index is -0.676. The maximum atomic E-state index is 12.3. The number of carbonyl (C=O) groups is 2. The van der Waals surface area contributed by atoms with Gasteiger partial charge in [0.05, 0.1) is 25.4 Å². The monoisotopic (exact) mass is 746 g/mol. The molecular formula is C47H87NO5. The maximum absolute atomic E-state index is 12.3. The lowest BCUT2D eigenvalue weighted by Gasteiger charge is -2.22. The molecule has 0 aliphatic carbocycles. The van der Waals surface area contributed by atoms with Crippen LogP contribution in [0.15, 0.2) is 36.5 Å². The van der Waals surface area contributed by atoms with Crippen molar-refractivity contribution >= 4 is 11.9 Å². The number of unbranched alkanes of at least 4 members (excludes halogenated alkanes) is 25. The molecule has 2 unspecified atom stereocenters. The Kier molecular flexibility index (Phi) is 41.3. The number of hydrogen-bond donors (Lipinski definition) is 3. The van der Waals surface area contributed by atoms with Crippen molar-refractivity contribution in [2.45, 2.75) is 238 Å². The van der Waals surface area contributed by atoms with E-state index in [1.807, 2.05) is 0 Å². The summed E-state index contributed by atoms with van der Waals surface area (Å²) in [5.74, 6) is -0.0951. The van der Waals surface area contributed by atoms with Gasteiger partial charge in [0, 0.05) is 12.8 Å². The molecule has 0 aromatic rings. The minimum Gasteiger partial charge on any atom is -0.466 e. The molecule has 0 saturated carbocycles. The van der Waals surface area contributed by atoms with Crippen LogP contribution in [0.1, 0.15) is 226 Å². The van der Waals surface area contributed by atoms with Crippen molar-refractivity contribution in [3.8, 4) is 0 Å². The molecule has 53 heavy (non-hydrogen) atoms. The summed E-state index contributed by atoms with van der Waals surface area (Å²) in [5, 5.41) is 23.0. The lowest BCUT2D eigenvalue weighted by atomic mass is 10.0. The summed E-state index contributed by atoms with van der Waals surface area (Å²) in [6.07, 6.45) is 49.6. The van der Waals surface area contributed by atoms with E-state index >= 15 is 0 Å². The van der Waals surface area contributed by atoms with Crippen LogP contribution >= 0.6 is 0 Å². The van der Waals surface area contributed by atoms with Crippen LogP contribution in [0.3, 0.4) is 0 Å². The SMILES string of the molecule is CCCCC/C=C\CCCCCCCC(=O)OCCCCC/C=C\C=C/CCCCCCCCC(=O)NC(CO)C(O)CCCCCCCCCCC. The summed E-state index contributed by atoms with van der Waals surface area (Å²) in [6, 6.07) is -0.556. The number of hydrogen-bond acceptors (Lipinski definition) is 5. The number of rotatable bonds is 41. The third kappa shape index (κ3) is 39.6. The second-order valence-corrected chi connectivity index (χ2v) is 15.4. The van der Waals surface area contributed by atoms with Crippen LogP contribution in [0.25, 0.3) is 0 Å². The van der Waals surface area contributed by atoms with Gasteiger partial charge in [-0.2, -0.15) is 0 Å². The van der Waals surface area contributed by atoms with Gasteiger partial charge >= 0.3 is 5.97 Å². The summed E-state index contributed by atoms with van der Waals surface area (Å²) in [5.41, 5.74) is 0. The number of nitrogens with one attached hydrogen (secondary N) is 1. The summed E-state index contributed by atoms with van der Waals surface area (Å²) in [7, 11) is 0. The highest BCUT2D eigenvalue weighted by molar-refractivity contribution is 5.76. The van der Waals surface area contributed by atoms with Crippen LogP contribution in [0.4, 0.5) is 0 Å². The Morgan fingerprint density at radius 2 is 0.943 bits per heavy atom. The number of aliphatic hydroxyl groups is 2. The van der Waals surface area contributed by atoms with Crippen molar-refractivity contribution in [2.75, 3.05) is 13.2 Å².